The van der Waals surface area contributed by atoms with Crippen molar-refractivity contribution in [1.82, 2.24) is 29.9 Å². The molecule has 0 bridgehead atoms. The van der Waals surface area contributed by atoms with Crippen LogP contribution in [-0.2, 0) is 28.9 Å². The van der Waals surface area contributed by atoms with Crippen LogP contribution >= 0.6 is 0 Å². The summed E-state index contributed by atoms with van der Waals surface area (Å²) in [4.78, 5) is 98.3. The van der Waals surface area contributed by atoms with Crippen molar-refractivity contribution in [3.05, 3.63) is 108 Å². The topological polar surface area (TPSA) is 150 Å². The highest BCUT2D eigenvalue weighted by atomic mass is 16.7. The van der Waals surface area contributed by atoms with Gasteiger partial charge in [-0.15, -0.1) is 0 Å². The number of carbonyl (C=O) groups excluding carboxylic acids is 6. The molecule has 3 aromatic rings. The van der Waals surface area contributed by atoms with Gasteiger partial charge in [0.15, 0.2) is 0 Å². The maximum Gasteiger partial charge on any atom is 0.363 e. The third kappa shape index (κ3) is 12.0. The Balaban J connectivity index is 1.40. The van der Waals surface area contributed by atoms with Gasteiger partial charge in [0.25, 0.3) is 17.7 Å². The summed E-state index contributed by atoms with van der Waals surface area (Å²) < 4.78 is 0. The van der Waals surface area contributed by atoms with E-state index in [-0.39, 0.29) is 19.6 Å². The molecule has 0 aliphatic carbocycles. The van der Waals surface area contributed by atoms with Crippen LogP contribution in [0.1, 0.15) is 31.1 Å². The number of rotatable bonds is 9. The Labute approximate surface area is 296 Å². The Morgan fingerprint density at radius 2 is 0.647 bits per heavy atom. The molecule has 4 rings (SSSR count). The number of hydrogen-bond donors (Lipinski definition) is 0. The van der Waals surface area contributed by atoms with Crippen molar-refractivity contribution < 1.29 is 43.3 Å². The van der Waals surface area contributed by atoms with Crippen molar-refractivity contribution in [2.45, 2.75) is 0 Å². The first kappa shape index (κ1) is 38.2. The van der Waals surface area contributed by atoms with Gasteiger partial charge in [0.2, 0.25) is 0 Å². The molecule has 1 heterocycles. The zero-order valence-corrected chi connectivity index (χ0v) is 28.9. The number of benzene rings is 3. The summed E-state index contributed by atoms with van der Waals surface area (Å²) in [5.41, 5.74) is 0.873. The summed E-state index contributed by atoms with van der Waals surface area (Å²) >= 11 is 0. The SMILES string of the molecule is CN(OC(=O)c1ccccc1)C(=O)CN1CCN(CC(=O)N(C)OC(=O)c2ccccc2)CCN(CC(=O)N(C)OC(=O)c2ccccc2)CC1. The van der Waals surface area contributed by atoms with Crippen molar-refractivity contribution in [2.75, 3.05) is 80.0 Å². The molecule has 0 spiro atoms. The van der Waals surface area contributed by atoms with E-state index in [9.17, 15) is 28.8 Å². The zero-order chi connectivity index (χ0) is 36.8. The number of likely N-dealkylation sites (N-methyl/N-ethyl adjacent to an activating group) is 3. The molecule has 0 N–H and O–H groups in total. The molecule has 1 aliphatic heterocycles. The van der Waals surface area contributed by atoms with Crippen LogP contribution < -0.4 is 0 Å². The van der Waals surface area contributed by atoms with Gasteiger partial charge in [0.1, 0.15) is 0 Å². The Hall–Kier alpha value is -5.64. The standard InChI is InChI=1S/C36H42N6O9/c1-37(49-34(46)28-13-7-4-8-14-28)31(43)25-40-19-21-41(26-32(44)38(2)50-35(47)29-15-9-5-10-16-29)23-24-42(22-20-40)27-33(45)39(3)51-36(48)30-17-11-6-12-18-30/h4-18H,19-27H2,1-3H3. The van der Waals surface area contributed by atoms with Gasteiger partial charge < -0.3 is 14.5 Å². The van der Waals surface area contributed by atoms with Crippen molar-refractivity contribution in [3.63, 3.8) is 0 Å². The van der Waals surface area contributed by atoms with E-state index in [1.54, 1.807) is 91.0 Å². The molecule has 3 amide bonds. The number of hydroxylamine groups is 6. The van der Waals surface area contributed by atoms with Crippen molar-refractivity contribution in [3.8, 4) is 0 Å². The first-order chi connectivity index (χ1) is 24.5. The van der Waals surface area contributed by atoms with Crippen LogP contribution in [-0.4, -0.2) is 146 Å². The molecule has 15 nitrogen and oxygen atoms in total. The molecule has 0 radical (unpaired) electrons. The highest BCUT2D eigenvalue weighted by Crippen LogP contribution is 2.09. The van der Waals surface area contributed by atoms with Gasteiger partial charge in [0, 0.05) is 60.4 Å². The van der Waals surface area contributed by atoms with Gasteiger partial charge >= 0.3 is 17.9 Å². The second kappa shape index (κ2) is 18.9. The minimum Gasteiger partial charge on any atom is -0.333 e. The predicted molar refractivity (Wildman–Crippen MR) is 183 cm³/mol. The molecule has 1 saturated heterocycles. The third-order valence-electron chi connectivity index (χ3n) is 8.02. The van der Waals surface area contributed by atoms with E-state index in [4.69, 9.17) is 14.5 Å². The lowest BCUT2D eigenvalue weighted by molar-refractivity contribution is -0.163. The lowest BCUT2D eigenvalue weighted by atomic mass is 10.2. The molecule has 270 valence electrons. The molecule has 1 fully saturated rings. The summed E-state index contributed by atoms with van der Waals surface area (Å²) in [7, 11) is 4.07. The fourth-order valence-corrected chi connectivity index (χ4v) is 4.94. The van der Waals surface area contributed by atoms with Crippen LogP contribution in [0.15, 0.2) is 91.0 Å². The maximum absolute atomic E-state index is 13.2. The minimum absolute atomic E-state index is 0.120. The molecule has 0 saturated carbocycles. The second-order valence-electron chi connectivity index (χ2n) is 11.7. The van der Waals surface area contributed by atoms with E-state index in [0.29, 0.717) is 56.0 Å². The average Bonchev–Trinajstić information content (AvgIpc) is 3.23. The highest BCUT2D eigenvalue weighted by molar-refractivity contribution is 5.91. The number of hydrogen-bond acceptors (Lipinski definition) is 12. The molecule has 0 aromatic heterocycles. The summed E-state index contributed by atoms with van der Waals surface area (Å²) in [5, 5.41) is 2.66. The quantitative estimate of drug-likeness (QED) is 0.298. The predicted octanol–water partition coefficient (Wildman–Crippen LogP) is 1.60. The number of nitrogens with zero attached hydrogens (tertiary/aromatic N) is 6. The smallest absolute Gasteiger partial charge is 0.333 e. The van der Waals surface area contributed by atoms with Gasteiger partial charge in [-0.1, -0.05) is 54.6 Å². The normalized spacial score (nSPS) is 14.2. The zero-order valence-electron chi connectivity index (χ0n) is 28.9. The largest absolute Gasteiger partial charge is 0.363 e. The van der Waals surface area contributed by atoms with Gasteiger partial charge in [-0.3, -0.25) is 29.1 Å². The minimum atomic E-state index is -0.681. The first-order valence-corrected chi connectivity index (χ1v) is 16.3. The van der Waals surface area contributed by atoms with Crippen LogP contribution in [0.25, 0.3) is 0 Å². The van der Waals surface area contributed by atoms with E-state index < -0.39 is 35.6 Å². The van der Waals surface area contributed by atoms with Crippen LogP contribution in [0.4, 0.5) is 0 Å². The van der Waals surface area contributed by atoms with E-state index in [0.717, 1.165) is 15.2 Å². The second-order valence-corrected chi connectivity index (χ2v) is 11.7. The van der Waals surface area contributed by atoms with Crippen LogP contribution in [0.3, 0.4) is 0 Å². The Kier molecular flexibility index (Phi) is 14.2. The van der Waals surface area contributed by atoms with E-state index in [1.165, 1.54) is 21.1 Å². The molecule has 51 heavy (non-hydrogen) atoms. The van der Waals surface area contributed by atoms with Crippen molar-refractivity contribution in [2.24, 2.45) is 0 Å². The van der Waals surface area contributed by atoms with E-state index in [1.807, 2.05) is 14.7 Å². The highest BCUT2D eigenvalue weighted by Gasteiger charge is 2.26. The summed E-state index contributed by atoms with van der Waals surface area (Å²) in [6, 6.07) is 24.9. The van der Waals surface area contributed by atoms with Crippen molar-refractivity contribution >= 4 is 35.6 Å². The molecule has 1 aliphatic rings. The molecular formula is C36H42N6O9. The summed E-state index contributed by atoms with van der Waals surface area (Å²) in [6.07, 6.45) is 0. The monoisotopic (exact) mass is 702 g/mol. The molecule has 0 atom stereocenters. The fourth-order valence-electron chi connectivity index (χ4n) is 4.94. The first-order valence-electron chi connectivity index (χ1n) is 16.3. The molecule has 15 heteroatoms. The molecule has 3 aromatic carbocycles. The van der Waals surface area contributed by atoms with Crippen LogP contribution in [0.2, 0.25) is 0 Å². The molecule has 0 unspecified atom stereocenters. The van der Waals surface area contributed by atoms with E-state index in [2.05, 4.69) is 0 Å². The third-order valence-corrected chi connectivity index (χ3v) is 8.02. The molecular weight excluding hydrogens is 660 g/mol. The van der Waals surface area contributed by atoms with E-state index >= 15 is 0 Å². The van der Waals surface area contributed by atoms with Gasteiger partial charge in [-0.25, -0.2) is 14.4 Å². The number of carbonyl (C=O) groups is 6. The van der Waals surface area contributed by atoms with Crippen molar-refractivity contribution in [1.29, 1.82) is 0 Å². The van der Waals surface area contributed by atoms with Crippen LogP contribution in [0.5, 0.6) is 0 Å². The maximum atomic E-state index is 13.2. The van der Waals surface area contributed by atoms with Gasteiger partial charge in [-0.2, -0.15) is 15.2 Å². The lowest BCUT2D eigenvalue weighted by Crippen LogP contribution is -2.45. The Morgan fingerprint density at radius 3 is 0.863 bits per heavy atom. The van der Waals surface area contributed by atoms with Gasteiger partial charge in [-0.05, 0) is 36.4 Å². The van der Waals surface area contributed by atoms with Gasteiger partial charge in [0.05, 0.1) is 36.3 Å². The lowest BCUT2D eigenvalue weighted by Gasteiger charge is -2.27. The Morgan fingerprint density at radius 1 is 0.431 bits per heavy atom. The summed E-state index contributed by atoms with van der Waals surface area (Å²) in [5.74, 6) is -3.49. The average molecular weight is 703 g/mol. The number of amides is 3. The summed E-state index contributed by atoms with van der Waals surface area (Å²) in [6.45, 7) is 1.74. The Bertz CT molecular complexity index is 1440. The van der Waals surface area contributed by atoms with Crippen LogP contribution in [0, 0.1) is 0 Å². The fraction of sp³-hybridized carbons (Fsp3) is 0.333.